The van der Waals surface area contributed by atoms with E-state index in [1.54, 1.807) is 0 Å². The first-order valence-electron chi connectivity index (χ1n) is 13.7. The lowest BCUT2D eigenvalue weighted by molar-refractivity contribution is -0.175. The number of nitrogens with zero attached hydrogens (tertiary/aromatic N) is 1. The molecule has 1 aromatic heterocycles. The normalized spacial score (nSPS) is 43.6. The van der Waals surface area contributed by atoms with Crippen LogP contribution in [0.3, 0.4) is 0 Å². The van der Waals surface area contributed by atoms with Crippen molar-refractivity contribution in [3.8, 4) is 11.8 Å². The van der Waals surface area contributed by atoms with Gasteiger partial charge in [-0.1, -0.05) is 20.8 Å². The molecule has 7 nitrogen and oxygen atoms in total. The second-order valence-electron chi connectivity index (χ2n) is 12.7. The molecule has 0 unspecified atom stereocenters. The van der Waals surface area contributed by atoms with Crippen molar-refractivity contribution in [3.63, 3.8) is 0 Å². The van der Waals surface area contributed by atoms with E-state index in [1.165, 1.54) is 25.0 Å². The van der Waals surface area contributed by atoms with E-state index in [-0.39, 0.29) is 47.1 Å². The molecule has 0 spiro atoms. The fourth-order valence-corrected chi connectivity index (χ4v) is 9.35. The maximum Gasteiger partial charge on any atom is 0.333 e. The number of aliphatic hydroxyl groups is 2. The summed E-state index contributed by atoms with van der Waals surface area (Å²) in [5, 5.41) is 41.4. The Balaban J connectivity index is 1.26. The molecule has 1 aromatic rings. The molecule has 4 saturated carbocycles. The minimum Gasteiger partial charge on any atom is -0.492 e. The molecule has 35 heavy (non-hydrogen) atoms. The largest absolute Gasteiger partial charge is 0.492 e. The lowest BCUT2D eigenvalue weighted by atomic mass is 9.43. The zero-order chi connectivity index (χ0) is 25.1. The average Bonchev–Trinajstić information content (AvgIpc) is 3.34. The van der Waals surface area contributed by atoms with Crippen molar-refractivity contribution in [2.24, 2.45) is 46.3 Å². The number of hydrogen-bond acceptors (Lipinski definition) is 6. The minimum atomic E-state index is -0.492. The summed E-state index contributed by atoms with van der Waals surface area (Å²) in [5.41, 5.74) is 0.0896. The Labute approximate surface area is 208 Å². The number of aliphatic hydroxyl groups excluding tert-OH is 2. The first kappa shape index (κ1) is 24.9. The van der Waals surface area contributed by atoms with Crippen LogP contribution in [0.5, 0.6) is 11.8 Å². The summed E-state index contributed by atoms with van der Waals surface area (Å²) in [6.07, 6.45) is 8.72. The lowest BCUT2D eigenvalue weighted by Crippen LogP contribution is -2.58. The molecule has 4 aliphatic carbocycles. The molecule has 4 N–H and O–H groups in total. The van der Waals surface area contributed by atoms with Crippen LogP contribution in [0.2, 0.25) is 0 Å². The molecular formula is C28H43NO6. The summed E-state index contributed by atoms with van der Waals surface area (Å²) >= 11 is 0. The third-order valence-corrected chi connectivity index (χ3v) is 11.3. The highest BCUT2D eigenvalue weighted by Gasteiger charge is 2.63. The Kier molecular flexibility index (Phi) is 6.40. The Morgan fingerprint density at radius 3 is 2.49 bits per heavy atom. The average molecular weight is 490 g/mol. The van der Waals surface area contributed by atoms with Gasteiger partial charge in [0.05, 0.1) is 12.2 Å². The van der Waals surface area contributed by atoms with Crippen molar-refractivity contribution < 1.29 is 30.1 Å². The maximum absolute atomic E-state index is 12.4. The first-order chi connectivity index (χ1) is 16.6. The van der Waals surface area contributed by atoms with Gasteiger partial charge in [0, 0.05) is 18.6 Å². The molecule has 0 radical (unpaired) electrons. The molecule has 4 fully saturated rings. The van der Waals surface area contributed by atoms with Crippen LogP contribution in [-0.4, -0.2) is 43.3 Å². The smallest absolute Gasteiger partial charge is 0.333 e. The molecule has 196 valence electrons. The highest BCUT2D eigenvalue weighted by Crippen LogP contribution is 2.68. The predicted molar refractivity (Wildman–Crippen MR) is 130 cm³/mol. The van der Waals surface area contributed by atoms with Crippen LogP contribution in [0.1, 0.15) is 85.0 Å². The van der Waals surface area contributed by atoms with Gasteiger partial charge in [-0.3, -0.25) is 0 Å². The van der Waals surface area contributed by atoms with Gasteiger partial charge < -0.3 is 25.3 Å². The van der Waals surface area contributed by atoms with Gasteiger partial charge in [0.1, 0.15) is 0 Å². The van der Waals surface area contributed by atoms with Crippen LogP contribution in [0.15, 0.2) is 12.1 Å². The maximum atomic E-state index is 12.4. The summed E-state index contributed by atoms with van der Waals surface area (Å²) < 4.78 is 0.742. The van der Waals surface area contributed by atoms with Crippen LogP contribution in [0, 0.1) is 46.3 Å². The predicted octanol–water partition coefficient (Wildman–Crippen LogP) is 4.26. The standard InChI is InChI=1S/C28H43NO6/c1-16(4-11-26(34)35-29-24(32)9-10-25(29)33)20-7-8-21-19-6-5-17-14-18(30)12-13-27(17,2)22(19)15-23(31)28(20,21)3/h9-10,16-23,30-33H,4-8,11-15H2,1-3H3/t16-,17-,18-,19+,20-,21+,22+,23+,27+,28-/m1/s1. The van der Waals surface area contributed by atoms with Crippen LogP contribution in [0.4, 0.5) is 0 Å². The number of fused-ring (bicyclic) bond motifs is 5. The Morgan fingerprint density at radius 1 is 1.06 bits per heavy atom. The van der Waals surface area contributed by atoms with Crippen molar-refractivity contribution in [2.75, 3.05) is 0 Å². The highest BCUT2D eigenvalue weighted by atomic mass is 16.7. The Bertz CT molecular complexity index is 926. The van der Waals surface area contributed by atoms with Gasteiger partial charge >= 0.3 is 5.97 Å². The molecule has 5 rings (SSSR count). The lowest BCUT2D eigenvalue weighted by Gasteiger charge is -2.62. The molecule has 7 heteroatoms. The molecular weight excluding hydrogens is 446 g/mol. The fourth-order valence-electron chi connectivity index (χ4n) is 9.35. The van der Waals surface area contributed by atoms with Crippen molar-refractivity contribution in [2.45, 2.75) is 97.2 Å². The number of hydrogen-bond donors (Lipinski definition) is 4. The number of aromatic hydroxyl groups is 2. The molecule has 0 aliphatic heterocycles. The monoisotopic (exact) mass is 489 g/mol. The van der Waals surface area contributed by atoms with Gasteiger partial charge in [0.25, 0.3) is 0 Å². The Hall–Kier alpha value is -1.73. The van der Waals surface area contributed by atoms with Crippen molar-refractivity contribution >= 4 is 5.97 Å². The topological polar surface area (TPSA) is 112 Å². The van der Waals surface area contributed by atoms with Gasteiger partial charge in [-0.25, -0.2) is 4.79 Å². The first-order valence-corrected chi connectivity index (χ1v) is 13.7. The molecule has 0 bridgehead atoms. The van der Waals surface area contributed by atoms with Gasteiger partial charge in [-0.15, -0.1) is 4.73 Å². The second-order valence-corrected chi connectivity index (χ2v) is 12.7. The zero-order valence-electron chi connectivity index (χ0n) is 21.4. The quantitative estimate of drug-likeness (QED) is 0.492. The number of carbonyl (C=O) groups is 1. The van der Waals surface area contributed by atoms with Gasteiger partial charge in [0.15, 0.2) is 0 Å². The summed E-state index contributed by atoms with van der Waals surface area (Å²) in [6, 6.07) is 2.54. The number of aromatic nitrogens is 1. The third kappa shape index (κ3) is 3.97. The van der Waals surface area contributed by atoms with Gasteiger partial charge in [-0.2, -0.15) is 0 Å². The fraction of sp³-hybridized carbons (Fsp3) is 0.821. The zero-order valence-corrected chi connectivity index (χ0v) is 21.4. The van der Waals surface area contributed by atoms with Crippen molar-refractivity contribution in [1.29, 1.82) is 0 Å². The van der Waals surface area contributed by atoms with Crippen molar-refractivity contribution in [1.82, 2.24) is 4.73 Å². The summed E-state index contributed by atoms with van der Waals surface area (Å²) in [6.45, 7) is 6.94. The van der Waals surface area contributed by atoms with Crippen LogP contribution < -0.4 is 4.84 Å². The SMILES string of the molecule is C[C@H](CCC(=O)On1c(O)ccc1O)[C@H]1CC[C@H]2[C@@H]3CC[C@@H]4C[C@H](O)CC[C@]4(C)[C@H]3C[C@H](O)[C@]12C. The highest BCUT2D eigenvalue weighted by molar-refractivity contribution is 5.69. The van der Waals surface area contributed by atoms with E-state index in [0.29, 0.717) is 36.0 Å². The Morgan fingerprint density at radius 2 is 1.77 bits per heavy atom. The van der Waals surface area contributed by atoms with Crippen LogP contribution in [-0.2, 0) is 4.79 Å². The van der Waals surface area contributed by atoms with Crippen molar-refractivity contribution in [3.05, 3.63) is 12.1 Å². The summed E-state index contributed by atoms with van der Waals surface area (Å²) in [7, 11) is 0. The van der Waals surface area contributed by atoms with E-state index in [1.807, 2.05) is 0 Å². The van der Waals surface area contributed by atoms with E-state index >= 15 is 0 Å². The van der Waals surface area contributed by atoms with E-state index in [0.717, 1.165) is 43.3 Å². The third-order valence-electron chi connectivity index (χ3n) is 11.3. The number of rotatable bonds is 5. The summed E-state index contributed by atoms with van der Waals surface area (Å²) in [5.74, 6) is 1.75. The van der Waals surface area contributed by atoms with Gasteiger partial charge in [-0.05, 0) is 104 Å². The molecule has 0 saturated heterocycles. The molecule has 0 aromatic carbocycles. The number of carbonyl (C=O) groups excluding carboxylic acids is 1. The van der Waals surface area contributed by atoms with Crippen LogP contribution in [0.25, 0.3) is 0 Å². The molecule has 0 amide bonds. The second kappa shape index (κ2) is 8.98. The minimum absolute atomic E-state index is 0.140. The van der Waals surface area contributed by atoms with E-state index in [4.69, 9.17) is 4.84 Å². The molecule has 4 aliphatic rings. The van der Waals surface area contributed by atoms with E-state index in [2.05, 4.69) is 20.8 Å². The van der Waals surface area contributed by atoms with Gasteiger partial charge in [0.2, 0.25) is 11.8 Å². The van der Waals surface area contributed by atoms with E-state index < -0.39 is 5.97 Å². The van der Waals surface area contributed by atoms with E-state index in [9.17, 15) is 25.2 Å². The van der Waals surface area contributed by atoms with Crippen LogP contribution >= 0.6 is 0 Å². The summed E-state index contributed by atoms with van der Waals surface area (Å²) in [4.78, 5) is 17.5. The molecule has 1 heterocycles. The molecule has 10 atom stereocenters.